The highest BCUT2D eigenvalue weighted by Crippen LogP contribution is 2.61. The molecule has 4 aliphatic carbocycles. The highest BCUT2D eigenvalue weighted by Gasteiger charge is 2.51. The smallest absolute Gasteiger partial charge is 0.226 e. The van der Waals surface area contributed by atoms with Gasteiger partial charge in [-0.15, -0.1) is 0 Å². The van der Waals surface area contributed by atoms with E-state index >= 15 is 0 Å². The van der Waals surface area contributed by atoms with Gasteiger partial charge in [0.05, 0.1) is 5.69 Å². The summed E-state index contributed by atoms with van der Waals surface area (Å²) in [6.45, 7) is 2.33. The number of aromatic nitrogens is 2. The Morgan fingerprint density at radius 3 is 2.52 bits per heavy atom. The van der Waals surface area contributed by atoms with Crippen LogP contribution in [-0.2, 0) is 24.3 Å². The van der Waals surface area contributed by atoms with Crippen molar-refractivity contribution in [2.75, 3.05) is 11.9 Å². The Kier molecular flexibility index (Phi) is 5.63. The molecule has 2 heterocycles. The number of nitrogens with zero attached hydrogens (tertiary/aromatic N) is 3. The monoisotopic (exact) mass is 484 g/mol. The van der Waals surface area contributed by atoms with Gasteiger partial charge in [-0.1, -0.05) is 29.3 Å². The maximum atomic E-state index is 13.1. The Morgan fingerprint density at radius 1 is 1.09 bits per heavy atom. The molecule has 7 heteroatoms. The van der Waals surface area contributed by atoms with Gasteiger partial charge < -0.3 is 5.32 Å². The summed E-state index contributed by atoms with van der Waals surface area (Å²) >= 11 is 12.4. The zero-order valence-corrected chi connectivity index (χ0v) is 20.3. The van der Waals surface area contributed by atoms with Crippen LogP contribution in [0.5, 0.6) is 0 Å². The van der Waals surface area contributed by atoms with Crippen molar-refractivity contribution in [2.24, 2.45) is 23.2 Å². The summed E-state index contributed by atoms with van der Waals surface area (Å²) in [7, 11) is 0. The standard InChI is InChI=1S/C26H30Cl2N4O/c27-20-2-1-19(22(28)8-20)13-32-4-3-21-23(14-32)29-15-30-25(21)31-24(33)12-26-9-16-5-17(10-26)7-18(6-16)11-26/h1-2,8,15-18H,3-7,9-14H2,(H,29,30,31,33). The van der Waals surface area contributed by atoms with E-state index in [1.165, 1.54) is 38.5 Å². The van der Waals surface area contributed by atoms with Gasteiger partial charge in [-0.05, 0) is 85.8 Å². The largest absolute Gasteiger partial charge is 0.310 e. The van der Waals surface area contributed by atoms with Crippen LogP contribution in [0, 0.1) is 23.2 Å². The molecule has 0 saturated heterocycles. The molecule has 0 unspecified atom stereocenters. The molecule has 7 rings (SSSR count). The number of carbonyl (C=O) groups excluding carboxylic acids is 1. The SMILES string of the molecule is O=C(CC12CC3CC(CC(C3)C1)C2)Nc1ncnc2c1CCN(Cc1ccc(Cl)cc1Cl)C2. The maximum Gasteiger partial charge on any atom is 0.226 e. The van der Waals surface area contributed by atoms with Crippen molar-refractivity contribution < 1.29 is 4.79 Å². The number of carbonyl (C=O) groups is 1. The quantitative estimate of drug-likeness (QED) is 0.574. The molecule has 5 nitrogen and oxygen atoms in total. The van der Waals surface area contributed by atoms with Gasteiger partial charge in [0.25, 0.3) is 0 Å². The molecule has 0 atom stereocenters. The number of nitrogens with one attached hydrogen (secondary N) is 1. The summed E-state index contributed by atoms with van der Waals surface area (Å²) in [5.41, 5.74) is 3.37. The van der Waals surface area contributed by atoms with Crippen molar-refractivity contribution in [2.45, 2.75) is 64.5 Å². The van der Waals surface area contributed by atoms with E-state index in [1.54, 1.807) is 12.4 Å². The van der Waals surface area contributed by atoms with Gasteiger partial charge in [-0.25, -0.2) is 9.97 Å². The van der Waals surface area contributed by atoms with E-state index in [0.717, 1.165) is 54.1 Å². The number of hydrogen-bond acceptors (Lipinski definition) is 4. The molecule has 0 radical (unpaired) electrons. The second-order valence-corrected chi connectivity index (χ2v) is 11.8. The van der Waals surface area contributed by atoms with Crippen molar-refractivity contribution in [3.63, 3.8) is 0 Å². The van der Waals surface area contributed by atoms with Gasteiger partial charge in [0.1, 0.15) is 12.1 Å². The molecule has 33 heavy (non-hydrogen) atoms. The van der Waals surface area contributed by atoms with Gasteiger partial charge >= 0.3 is 0 Å². The third-order valence-electron chi connectivity index (χ3n) is 8.45. The minimum Gasteiger partial charge on any atom is -0.310 e. The normalized spacial score (nSPS) is 30.3. The molecule has 4 fully saturated rings. The fourth-order valence-corrected chi connectivity index (χ4v) is 8.03. The fourth-order valence-electron chi connectivity index (χ4n) is 7.57. The predicted octanol–water partition coefficient (Wildman–Crippen LogP) is 5.89. The number of amides is 1. The summed E-state index contributed by atoms with van der Waals surface area (Å²) in [6.07, 6.45) is 11.0. The summed E-state index contributed by atoms with van der Waals surface area (Å²) < 4.78 is 0. The molecule has 1 amide bonds. The Bertz CT molecular complexity index is 1050. The van der Waals surface area contributed by atoms with Crippen LogP contribution in [0.4, 0.5) is 5.82 Å². The van der Waals surface area contributed by atoms with Crippen molar-refractivity contribution >= 4 is 34.9 Å². The van der Waals surface area contributed by atoms with Gasteiger partial charge in [0, 0.05) is 41.7 Å². The first kappa shape index (κ1) is 21.8. The summed E-state index contributed by atoms with van der Waals surface area (Å²) in [6, 6.07) is 5.65. The number of halogens is 2. The van der Waals surface area contributed by atoms with E-state index in [9.17, 15) is 4.79 Å². The zero-order valence-electron chi connectivity index (χ0n) is 18.8. The predicted molar refractivity (Wildman–Crippen MR) is 130 cm³/mol. The second kappa shape index (κ2) is 8.51. The van der Waals surface area contributed by atoms with E-state index in [2.05, 4.69) is 20.2 Å². The third-order valence-corrected chi connectivity index (χ3v) is 9.04. The van der Waals surface area contributed by atoms with Gasteiger partial charge in [0.15, 0.2) is 0 Å². The highest BCUT2D eigenvalue weighted by atomic mass is 35.5. The van der Waals surface area contributed by atoms with Gasteiger partial charge in [-0.2, -0.15) is 0 Å². The van der Waals surface area contributed by atoms with Crippen LogP contribution >= 0.6 is 23.2 Å². The van der Waals surface area contributed by atoms with Crippen LogP contribution in [0.2, 0.25) is 10.0 Å². The molecule has 1 N–H and O–H groups in total. The zero-order chi connectivity index (χ0) is 22.6. The molecule has 1 aromatic carbocycles. The van der Waals surface area contributed by atoms with E-state index < -0.39 is 0 Å². The summed E-state index contributed by atoms with van der Waals surface area (Å²) in [4.78, 5) is 24.5. The van der Waals surface area contributed by atoms with Crippen LogP contribution in [-0.4, -0.2) is 27.3 Å². The number of benzene rings is 1. The lowest BCUT2D eigenvalue weighted by Gasteiger charge is -2.56. The first-order valence-electron chi connectivity index (χ1n) is 12.2. The fraction of sp³-hybridized carbons (Fsp3) is 0.577. The average Bonchev–Trinajstić information content (AvgIpc) is 2.74. The molecule has 5 aliphatic rings. The minimum absolute atomic E-state index is 0.133. The molecule has 4 bridgehead atoms. The molecular formula is C26H30Cl2N4O. The molecule has 2 aromatic rings. The van der Waals surface area contributed by atoms with E-state index in [-0.39, 0.29) is 11.3 Å². The number of hydrogen-bond donors (Lipinski definition) is 1. The number of fused-ring (bicyclic) bond motifs is 1. The first-order chi connectivity index (χ1) is 15.9. The van der Waals surface area contributed by atoms with E-state index in [0.29, 0.717) is 28.8 Å². The second-order valence-electron chi connectivity index (χ2n) is 11.0. The Morgan fingerprint density at radius 2 is 1.82 bits per heavy atom. The third kappa shape index (κ3) is 4.40. The highest BCUT2D eigenvalue weighted by molar-refractivity contribution is 6.35. The van der Waals surface area contributed by atoms with Crippen molar-refractivity contribution in [1.82, 2.24) is 14.9 Å². The summed E-state index contributed by atoms with van der Waals surface area (Å²) in [5.74, 6) is 3.41. The van der Waals surface area contributed by atoms with Crippen molar-refractivity contribution in [3.05, 3.63) is 51.4 Å². The molecule has 1 aliphatic heterocycles. The lowest BCUT2D eigenvalue weighted by molar-refractivity contribution is -0.124. The van der Waals surface area contributed by atoms with Gasteiger partial charge in [0.2, 0.25) is 5.91 Å². The molecule has 0 spiro atoms. The van der Waals surface area contributed by atoms with E-state index in [4.69, 9.17) is 23.2 Å². The number of rotatable bonds is 5. The lowest BCUT2D eigenvalue weighted by atomic mass is 9.49. The molecular weight excluding hydrogens is 455 g/mol. The van der Waals surface area contributed by atoms with Crippen molar-refractivity contribution in [3.8, 4) is 0 Å². The molecule has 174 valence electrons. The number of anilines is 1. The van der Waals surface area contributed by atoms with Crippen LogP contribution in [0.3, 0.4) is 0 Å². The lowest BCUT2D eigenvalue weighted by Crippen LogP contribution is -2.47. The van der Waals surface area contributed by atoms with Crippen LogP contribution < -0.4 is 5.32 Å². The Labute approximate surface area is 205 Å². The minimum atomic E-state index is 0.133. The summed E-state index contributed by atoms with van der Waals surface area (Å²) in [5, 5.41) is 4.52. The maximum absolute atomic E-state index is 13.1. The average molecular weight is 485 g/mol. The van der Waals surface area contributed by atoms with Gasteiger partial charge in [-0.3, -0.25) is 9.69 Å². The van der Waals surface area contributed by atoms with E-state index in [1.807, 2.05) is 12.1 Å². The Hall–Kier alpha value is -1.69. The van der Waals surface area contributed by atoms with Crippen LogP contribution in [0.25, 0.3) is 0 Å². The topological polar surface area (TPSA) is 58.1 Å². The van der Waals surface area contributed by atoms with Crippen molar-refractivity contribution in [1.29, 1.82) is 0 Å². The molecule has 4 saturated carbocycles. The molecule has 1 aromatic heterocycles. The Balaban J connectivity index is 1.12. The van der Waals surface area contributed by atoms with Crippen LogP contribution in [0.15, 0.2) is 24.5 Å². The van der Waals surface area contributed by atoms with Crippen LogP contribution in [0.1, 0.15) is 61.8 Å². The first-order valence-corrected chi connectivity index (χ1v) is 13.0.